The van der Waals surface area contributed by atoms with Gasteiger partial charge in [-0.1, -0.05) is 18.3 Å². The number of nitrogen functional groups attached to an aromatic ring is 1. The Kier molecular flexibility index (Phi) is 3.50. The highest BCUT2D eigenvalue weighted by Crippen LogP contribution is 2.26. The van der Waals surface area contributed by atoms with Gasteiger partial charge in [0.1, 0.15) is 0 Å². The van der Waals surface area contributed by atoms with Gasteiger partial charge >= 0.3 is 0 Å². The van der Waals surface area contributed by atoms with Crippen LogP contribution in [0.2, 0.25) is 0 Å². The Balaban J connectivity index is 2.27. The number of nitrogens with zero attached hydrogens (tertiary/aromatic N) is 3. The molecule has 0 fully saturated rings. The van der Waals surface area contributed by atoms with E-state index in [4.69, 9.17) is 5.73 Å². The Bertz CT molecular complexity index is 660. The van der Waals surface area contributed by atoms with Crippen LogP contribution in [0.25, 0.3) is 0 Å². The van der Waals surface area contributed by atoms with E-state index >= 15 is 0 Å². The molecule has 0 amide bonds. The number of sulfonamides is 1. The van der Waals surface area contributed by atoms with Crippen LogP contribution in [0.15, 0.2) is 4.34 Å². The maximum atomic E-state index is 11.9. The molecule has 3 N–H and O–H groups in total. The maximum Gasteiger partial charge on any atom is 0.293 e. The lowest BCUT2D eigenvalue weighted by molar-refractivity contribution is 0.599. The molecule has 0 radical (unpaired) electrons. The van der Waals surface area contributed by atoms with Gasteiger partial charge in [-0.25, -0.2) is 4.98 Å². The number of rotatable bonds is 4. The van der Waals surface area contributed by atoms with Gasteiger partial charge in [0.05, 0.1) is 5.69 Å². The standard InChI is InChI=1S/C8H11N5O2S3/c1-3-5-4(2)16-7(10-5)13-18(14,15)8-12-11-6(9)17-8/h3H2,1-2H3,(H2,9,11)(H,10,13). The molecule has 0 aliphatic heterocycles. The number of thiazole rings is 1. The zero-order valence-electron chi connectivity index (χ0n) is 9.67. The van der Waals surface area contributed by atoms with Crippen LogP contribution in [0.3, 0.4) is 0 Å². The Morgan fingerprint density at radius 1 is 1.33 bits per heavy atom. The summed E-state index contributed by atoms with van der Waals surface area (Å²) in [6, 6.07) is 0. The molecular formula is C8H11N5O2S3. The molecule has 2 aromatic heterocycles. The molecule has 2 rings (SSSR count). The first-order chi connectivity index (χ1) is 8.42. The van der Waals surface area contributed by atoms with E-state index in [1.165, 1.54) is 11.3 Å². The normalized spacial score (nSPS) is 11.7. The highest BCUT2D eigenvalue weighted by Gasteiger charge is 2.21. The topological polar surface area (TPSA) is 111 Å². The zero-order chi connectivity index (χ0) is 13.3. The van der Waals surface area contributed by atoms with Crippen LogP contribution < -0.4 is 10.5 Å². The molecule has 0 bridgehead atoms. The van der Waals surface area contributed by atoms with Crippen LogP contribution in [0, 0.1) is 6.92 Å². The number of hydrogen-bond acceptors (Lipinski definition) is 8. The molecule has 2 heterocycles. The Hall–Kier alpha value is -1.26. The summed E-state index contributed by atoms with van der Waals surface area (Å²) in [7, 11) is -3.74. The highest BCUT2D eigenvalue weighted by atomic mass is 32.2. The van der Waals surface area contributed by atoms with E-state index in [9.17, 15) is 8.42 Å². The molecule has 18 heavy (non-hydrogen) atoms. The largest absolute Gasteiger partial charge is 0.374 e. The van der Waals surface area contributed by atoms with Crippen molar-refractivity contribution in [2.45, 2.75) is 24.6 Å². The molecule has 0 unspecified atom stereocenters. The number of nitrogens with one attached hydrogen (secondary N) is 1. The molecular weight excluding hydrogens is 294 g/mol. The SMILES string of the molecule is CCc1nc(NS(=O)(=O)c2nnc(N)s2)sc1C. The molecule has 0 aliphatic carbocycles. The first-order valence-electron chi connectivity index (χ1n) is 5.00. The van der Waals surface area contributed by atoms with E-state index in [1.54, 1.807) is 0 Å². The number of aromatic nitrogens is 3. The third-order valence-corrected chi connectivity index (χ3v) is 5.62. The van der Waals surface area contributed by atoms with Gasteiger partial charge in [-0.2, -0.15) is 8.42 Å². The molecule has 7 nitrogen and oxygen atoms in total. The van der Waals surface area contributed by atoms with E-state index in [0.717, 1.165) is 28.3 Å². The van der Waals surface area contributed by atoms with Crippen LogP contribution in [-0.4, -0.2) is 23.6 Å². The summed E-state index contributed by atoms with van der Waals surface area (Å²) in [4.78, 5) is 5.19. The average molecular weight is 305 g/mol. The minimum atomic E-state index is -3.74. The van der Waals surface area contributed by atoms with E-state index in [1.807, 2.05) is 13.8 Å². The van der Waals surface area contributed by atoms with Gasteiger partial charge in [0.2, 0.25) is 5.13 Å². The summed E-state index contributed by atoms with van der Waals surface area (Å²) >= 11 is 2.10. The van der Waals surface area contributed by atoms with Crippen molar-refractivity contribution in [2.75, 3.05) is 10.5 Å². The number of nitrogens with two attached hydrogens (primary N) is 1. The molecule has 0 aliphatic rings. The van der Waals surface area contributed by atoms with Crippen molar-refractivity contribution in [2.24, 2.45) is 0 Å². The molecule has 0 aromatic carbocycles. The van der Waals surface area contributed by atoms with E-state index in [-0.39, 0.29) is 9.47 Å². The third-order valence-electron chi connectivity index (χ3n) is 2.10. The predicted molar refractivity (Wildman–Crippen MR) is 71.4 cm³/mol. The highest BCUT2D eigenvalue weighted by molar-refractivity contribution is 7.94. The summed E-state index contributed by atoms with van der Waals surface area (Å²) in [6.07, 6.45) is 0.760. The van der Waals surface area contributed by atoms with Crippen molar-refractivity contribution < 1.29 is 8.42 Å². The monoisotopic (exact) mass is 305 g/mol. The van der Waals surface area contributed by atoms with Crippen molar-refractivity contribution in [1.82, 2.24) is 15.2 Å². The van der Waals surface area contributed by atoms with Crippen molar-refractivity contribution in [3.05, 3.63) is 10.6 Å². The second-order valence-electron chi connectivity index (χ2n) is 3.39. The first-order valence-corrected chi connectivity index (χ1v) is 8.12. The average Bonchev–Trinajstić information content (AvgIpc) is 2.84. The van der Waals surface area contributed by atoms with Crippen LogP contribution in [0.1, 0.15) is 17.5 Å². The van der Waals surface area contributed by atoms with E-state index < -0.39 is 10.0 Å². The summed E-state index contributed by atoms with van der Waals surface area (Å²) in [5.74, 6) is 0. The lowest BCUT2D eigenvalue weighted by Gasteiger charge is -1.99. The smallest absolute Gasteiger partial charge is 0.293 e. The second kappa shape index (κ2) is 4.78. The first kappa shape index (κ1) is 13.2. The third kappa shape index (κ3) is 2.60. The maximum absolute atomic E-state index is 11.9. The summed E-state index contributed by atoms with van der Waals surface area (Å²) in [6.45, 7) is 3.86. The van der Waals surface area contributed by atoms with Gasteiger partial charge in [0.25, 0.3) is 14.4 Å². The van der Waals surface area contributed by atoms with Crippen molar-refractivity contribution in [3.63, 3.8) is 0 Å². The van der Waals surface area contributed by atoms with Crippen molar-refractivity contribution in [1.29, 1.82) is 0 Å². The molecule has 0 saturated heterocycles. The van der Waals surface area contributed by atoms with E-state index in [2.05, 4.69) is 19.9 Å². The van der Waals surface area contributed by atoms with Crippen molar-refractivity contribution >= 4 is 43.0 Å². The fourth-order valence-electron chi connectivity index (χ4n) is 1.29. The molecule has 0 atom stereocenters. The lowest BCUT2D eigenvalue weighted by atomic mass is 10.3. The predicted octanol–water partition coefficient (Wildman–Crippen LogP) is 1.25. The Morgan fingerprint density at radius 3 is 2.56 bits per heavy atom. The van der Waals surface area contributed by atoms with Gasteiger partial charge < -0.3 is 5.73 Å². The van der Waals surface area contributed by atoms with Gasteiger partial charge in [0, 0.05) is 4.88 Å². The molecule has 2 aromatic rings. The van der Waals surface area contributed by atoms with Gasteiger partial charge in [-0.3, -0.25) is 4.72 Å². The number of hydrogen-bond donors (Lipinski definition) is 2. The minimum Gasteiger partial charge on any atom is -0.374 e. The number of aryl methyl sites for hydroxylation is 2. The Morgan fingerprint density at radius 2 is 2.06 bits per heavy atom. The van der Waals surface area contributed by atoms with Crippen LogP contribution in [-0.2, 0) is 16.4 Å². The van der Waals surface area contributed by atoms with Crippen LogP contribution in [0.4, 0.5) is 10.3 Å². The van der Waals surface area contributed by atoms with Gasteiger partial charge in [-0.05, 0) is 13.3 Å². The molecule has 0 saturated carbocycles. The minimum absolute atomic E-state index is 0.111. The Labute approximate surface area is 112 Å². The second-order valence-corrected chi connectivity index (χ2v) is 7.46. The van der Waals surface area contributed by atoms with Gasteiger partial charge in [0.15, 0.2) is 5.13 Å². The van der Waals surface area contributed by atoms with E-state index in [0.29, 0.717) is 5.13 Å². The molecule has 98 valence electrons. The quantitative estimate of drug-likeness (QED) is 0.879. The van der Waals surface area contributed by atoms with Crippen LogP contribution >= 0.6 is 22.7 Å². The molecule has 0 spiro atoms. The van der Waals surface area contributed by atoms with Gasteiger partial charge in [-0.15, -0.1) is 21.5 Å². The zero-order valence-corrected chi connectivity index (χ0v) is 12.1. The van der Waals surface area contributed by atoms with Crippen molar-refractivity contribution in [3.8, 4) is 0 Å². The summed E-state index contributed by atoms with van der Waals surface area (Å²) in [5.41, 5.74) is 6.24. The summed E-state index contributed by atoms with van der Waals surface area (Å²) in [5, 5.41) is 7.42. The van der Waals surface area contributed by atoms with Crippen LogP contribution in [0.5, 0.6) is 0 Å². The number of anilines is 2. The lowest BCUT2D eigenvalue weighted by Crippen LogP contribution is -2.12. The fraction of sp³-hybridized carbons (Fsp3) is 0.375. The summed E-state index contributed by atoms with van der Waals surface area (Å²) < 4.78 is 26.1. The fourth-order valence-corrected chi connectivity index (χ4v) is 4.21. The molecule has 10 heteroatoms.